The van der Waals surface area contributed by atoms with E-state index < -0.39 is 0 Å². The summed E-state index contributed by atoms with van der Waals surface area (Å²) < 4.78 is 14.3. The Hall–Kier alpha value is -7.58. The van der Waals surface area contributed by atoms with Crippen LogP contribution in [0.4, 0.5) is 28.4 Å². The molecule has 389 valence electrons. The molecule has 79 heavy (non-hydrogen) atoms. The van der Waals surface area contributed by atoms with Crippen LogP contribution in [0.5, 0.6) is 0 Å². The fraction of sp³-hybridized carbons (Fsp3) is 0.222. The highest BCUT2D eigenvalue weighted by molar-refractivity contribution is 7.29. The lowest BCUT2D eigenvalue weighted by Gasteiger charge is -2.28. The molecule has 7 heteroatoms. The van der Waals surface area contributed by atoms with Crippen LogP contribution < -0.4 is 20.5 Å². The van der Waals surface area contributed by atoms with Gasteiger partial charge in [0.05, 0.1) is 11.2 Å². The average Bonchev–Trinajstić information content (AvgIpc) is 4.38. The van der Waals surface area contributed by atoms with E-state index in [2.05, 4.69) is 275 Å². The lowest BCUT2D eigenvalue weighted by atomic mass is 9.63. The van der Waals surface area contributed by atoms with Crippen molar-refractivity contribution in [2.45, 2.75) is 105 Å². The van der Waals surface area contributed by atoms with E-state index in [1.54, 1.807) is 0 Å². The number of para-hydroxylation sites is 1. The molecule has 0 bridgehead atoms. The molecule has 0 spiro atoms. The maximum Gasteiger partial charge on any atom is 0.211 e. The third-order valence-electron chi connectivity index (χ3n) is 16.7. The van der Waals surface area contributed by atoms with Gasteiger partial charge in [0.25, 0.3) is 0 Å². The Balaban J connectivity index is 1.01. The van der Waals surface area contributed by atoms with E-state index in [0.29, 0.717) is 0 Å². The zero-order chi connectivity index (χ0) is 54.7. The topological polar surface area (TPSA) is 33.3 Å². The van der Waals surface area contributed by atoms with Crippen molar-refractivity contribution in [2.24, 2.45) is 0 Å². The summed E-state index contributed by atoms with van der Waals surface area (Å²) in [5, 5.41) is 12.5. The summed E-state index contributed by atoms with van der Waals surface area (Å²) in [5.41, 5.74) is 20.0. The van der Waals surface area contributed by atoms with Crippen molar-refractivity contribution in [3.8, 4) is 16.8 Å². The van der Waals surface area contributed by atoms with Gasteiger partial charge in [0.2, 0.25) is 7.28 Å². The lowest BCUT2D eigenvalue weighted by molar-refractivity contribution is 0.590. The Morgan fingerprint density at radius 2 is 1.01 bits per heavy atom. The number of rotatable bonds is 6. The molecule has 14 rings (SSSR count). The van der Waals surface area contributed by atoms with Crippen molar-refractivity contribution in [3.63, 3.8) is 0 Å². The second-order valence-corrected chi connectivity index (χ2v) is 28.4. The van der Waals surface area contributed by atoms with Crippen LogP contribution >= 0.6 is 22.7 Å². The number of anilines is 5. The molecule has 1 aliphatic rings. The molecule has 5 heterocycles. The smallest absolute Gasteiger partial charge is 0.211 e. The number of benzene rings is 9. The summed E-state index contributed by atoms with van der Waals surface area (Å²) in [5.74, 6) is 0. The largest absolute Gasteiger partial charge is 0.456 e. The maximum atomic E-state index is 6.66. The SMILES string of the molecule is CC(C)(C)c1ccc(Nc2cc3sc4ccc(N(c5ccc(C(C)(C)C)cc5)c5ccc(C(C)(C)C)cc5)cc4c3cc2-c2ccc3c4cc5c(cc4n4c3c2[B]c2sc3ccc(C(C)(C)C)cc3c2-4)oc2ccccc25)cc1. The molecule has 1 aliphatic heterocycles. The van der Waals surface area contributed by atoms with Crippen molar-refractivity contribution < 1.29 is 4.42 Å². The third-order valence-corrected chi connectivity index (χ3v) is 18.9. The molecule has 13 aromatic rings. The quantitative estimate of drug-likeness (QED) is 0.169. The van der Waals surface area contributed by atoms with Gasteiger partial charge >= 0.3 is 0 Å². The molecule has 0 aliphatic carbocycles. The molecule has 4 aromatic heterocycles. The zero-order valence-electron chi connectivity index (χ0n) is 47.4. The first-order chi connectivity index (χ1) is 37.6. The van der Waals surface area contributed by atoms with E-state index in [4.69, 9.17) is 4.42 Å². The number of thiophene rings is 2. The van der Waals surface area contributed by atoms with Gasteiger partial charge in [-0.2, -0.15) is 0 Å². The van der Waals surface area contributed by atoms with E-state index in [9.17, 15) is 0 Å². The van der Waals surface area contributed by atoms with E-state index in [1.807, 2.05) is 22.7 Å². The van der Waals surface area contributed by atoms with E-state index in [-0.39, 0.29) is 21.7 Å². The molecule has 0 amide bonds. The van der Waals surface area contributed by atoms with Crippen molar-refractivity contribution >= 4 is 143 Å². The number of nitrogens with zero attached hydrogens (tertiary/aromatic N) is 2. The van der Waals surface area contributed by atoms with Crippen LogP contribution in [0.1, 0.15) is 105 Å². The van der Waals surface area contributed by atoms with Crippen LogP contribution in [-0.2, 0) is 21.7 Å². The number of furan rings is 1. The van der Waals surface area contributed by atoms with Crippen molar-refractivity contribution in [1.82, 2.24) is 4.57 Å². The highest BCUT2D eigenvalue weighted by atomic mass is 32.1. The van der Waals surface area contributed by atoms with Crippen molar-refractivity contribution in [3.05, 3.63) is 192 Å². The Kier molecular flexibility index (Phi) is 11.0. The maximum absolute atomic E-state index is 6.66. The molecule has 1 radical (unpaired) electrons. The Morgan fingerprint density at radius 1 is 0.430 bits per heavy atom. The summed E-state index contributed by atoms with van der Waals surface area (Å²) in [6.45, 7) is 27.5. The van der Waals surface area contributed by atoms with Gasteiger partial charge in [0, 0.05) is 97.4 Å². The predicted octanol–water partition coefficient (Wildman–Crippen LogP) is 20.3. The molecule has 4 nitrogen and oxygen atoms in total. The molecule has 0 atom stereocenters. The minimum atomic E-state index is -0.00360. The standard InChI is InChI=1S/C72H65BN3OS2/c1-69(2,3)41-17-24-45(25-18-41)74-58-39-64-56(55-36-48(30-34-62(55)78-64)75(46-26-19-42(20-27-46)70(4,5)6)47-28-21-43(22-29-47)71(7,8)9)37-52(58)50-31-32-51-53-38-54-49-15-13-14-16-60(49)77-61(54)40-59(53)76-66(51)65(50)73-68-67(76)57-35-44(72(10,11)12)23-33-63(57)79-68/h13-40,74H,1-12H3. The predicted molar refractivity (Wildman–Crippen MR) is 346 cm³/mol. The van der Waals surface area contributed by atoms with Crippen molar-refractivity contribution in [1.29, 1.82) is 0 Å². The van der Waals surface area contributed by atoms with Crippen LogP contribution in [-0.4, -0.2) is 11.8 Å². The van der Waals surface area contributed by atoms with Crippen LogP contribution in [0.15, 0.2) is 174 Å². The number of hydrogen-bond acceptors (Lipinski definition) is 5. The van der Waals surface area contributed by atoms with E-state index >= 15 is 0 Å². The summed E-state index contributed by atoms with van der Waals surface area (Å²) in [6, 6.07) is 64.4. The van der Waals surface area contributed by atoms with Crippen LogP contribution in [0.25, 0.3) is 90.8 Å². The molecule has 0 unspecified atom stereocenters. The van der Waals surface area contributed by atoms with Crippen LogP contribution in [0.2, 0.25) is 0 Å². The van der Waals surface area contributed by atoms with E-state index in [1.165, 1.54) is 90.3 Å². The molecular weight excluding hydrogens is 998 g/mol. The molecule has 0 saturated carbocycles. The lowest BCUT2D eigenvalue weighted by Crippen LogP contribution is -2.35. The number of fused-ring (bicyclic) bond motifs is 13. The van der Waals surface area contributed by atoms with Gasteiger partial charge in [0.15, 0.2) is 0 Å². The molecule has 1 N–H and O–H groups in total. The normalized spacial score (nSPS) is 13.2. The van der Waals surface area contributed by atoms with Crippen LogP contribution in [0.3, 0.4) is 0 Å². The Morgan fingerprint density at radius 3 is 1.67 bits per heavy atom. The first-order valence-corrected chi connectivity index (χ1v) is 29.5. The van der Waals surface area contributed by atoms with Gasteiger partial charge in [-0.25, -0.2) is 0 Å². The Labute approximate surface area is 472 Å². The van der Waals surface area contributed by atoms with Gasteiger partial charge in [0.1, 0.15) is 11.2 Å². The highest BCUT2D eigenvalue weighted by Crippen LogP contribution is 2.48. The number of hydrogen-bond donors (Lipinski definition) is 1. The van der Waals surface area contributed by atoms with Gasteiger partial charge in [-0.3, -0.25) is 0 Å². The number of nitrogens with one attached hydrogen (secondary N) is 1. The third kappa shape index (κ3) is 8.21. The molecule has 0 fully saturated rings. The molecule has 0 saturated heterocycles. The Bertz CT molecular complexity index is 4560. The number of aromatic nitrogens is 1. The fourth-order valence-corrected chi connectivity index (χ4v) is 14.4. The van der Waals surface area contributed by atoms with Gasteiger partial charge in [-0.15, -0.1) is 22.7 Å². The molecular formula is C72H65BN3OS2. The first kappa shape index (κ1) is 49.7. The first-order valence-electron chi connectivity index (χ1n) is 27.9. The van der Waals surface area contributed by atoms with Crippen LogP contribution in [0, 0.1) is 0 Å². The summed E-state index contributed by atoms with van der Waals surface area (Å²) in [4.78, 5) is 2.43. The van der Waals surface area contributed by atoms with Gasteiger partial charge < -0.3 is 19.2 Å². The monoisotopic (exact) mass is 1060 g/mol. The minimum absolute atomic E-state index is 0.00360. The molecule has 9 aromatic carbocycles. The second-order valence-electron chi connectivity index (χ2n) is 26.2. The second kappa shape index (κ2) is 17.5. The minimum Gasteiger partial charge on any atom is -0.456 e. The van der Waals surface area contributed by atoms with Gasteiger partial charge in [-0.05, 0) is 151 Å². The van der Waals surface area contributed by atoms with E-state index in [0.717, 1.165) is 61.5 Å². The summed E-state index contributed by atoms with van der Waals surface area (Å²) in [7, 11) is 2.50. The average molecular weight is 1060 g/mol. The fourth-order valence-electron chi connectivity index (χ4n) is 12.1. The van der Waals surface area contributed by atoms with Gasteiger partial charge in [-0.1, -0.05) is 156 Å². The van der Waals surface area contributed by atoms with Crippen molar-refractivity contribution in [2.75, 3.05) is 10.2 Å². The summed E-state index contributed by atoms with van der Waals surface area (Å²) >= 11 is 3.76. The zero-order valence-corrected chi connectivity index (χ0v) is 49.0. The summed E-state index contributed by atoms with van der Waals surface area (Å²) in [6.07, 6.45) is 0. The highest BCUT2D eigenvalue weighted by Gasteiger charge is 2.32.